The minimum atomic E-state index is -0.0889. The van der Waals surface area contributed by atoms with Gasteiger partial charge in [-0.3, -0.25) is 4.79 Å². The van der Waals surface area contributed by atoms with E-state index in [-0.39, 0.29) is 17.9 Å². The fraction of sp³-hybridized carbons (Fsp3) is 0.318. The Kier molecular flexibility index (Phi) is 4.08. The van der Waals surface area contributed by atoms with Gasteiger partial charge in [0.05, 0.1) is 12.0 Å². The predicted molar refractivity (Wildman–Crippen MR) is 99.5 cm³/mol. The lowest BCUT2D eigenvalue weighted by Crippen LogP contribution is -2.35. The normalized spacial score (nSPS) is 17.9. The molecule has 128 valence electrons. The van der Waals surface area contributed by atoms with E-state index >= 15 is 0 Å². The molecule has 1 aromatic heterocycles. The van der Waals surface area contributed by atoms with Crippen LogP contribution in [0.5, 0.6) is 0 Å². The number of carbonyl (C=O) groups excluding carboxylic acids is 1. The summed E-state index contributed by atoms with van der Waals surface area (Å²) in [6.45, 7) is 2.03. The van der Waals surface area contributed by atoms with Crippen molar-refractivity contribution in [2.24, 2.45) is 0 Å². The van der Waals surface area contributed by atoms with Crippen molar-refractivity contribution < 1.29 is 9.21 Å². The highest BCUT2D eigenvalue weighted by Crippen LogP contribution is 2.35. The molecule has 3 nitrogen and oxygen atoms in total. The van der Waals surface area contributed by atoms with E-state index in [1.165, 1.54) is 11.1 Å². The van der Waals surface area contributed by atoms with Gasteiger partial charge < -0.3 is 9.32 Å². The third-order valence-corrected chi connectivity index (χ3v) is 5.45. The average Bonchev–Trinajstić information content (AvgIpc) is 3.10. The molecule has 0 spiro atoms. The zero-order chi connectivity index (χ0) is 17.4. The Bertz CT molecular complexity index is 878. The molecule has 0 saturated carbocycles. The van der Waals surface area contributed by atoms with Gasteiger partial charge in [0.1, 0.15) is 11.3 Å². The molecule has 2 aromatic carbocycles. The van der Waals surface area contributed by atoms with E-state index in [9.17, 15) is 4.79 Å². The fourth-order valence-electron chi connectivity index (χ4n) is 3.85. The molecule has 3 aromatic rings. The third kappa shape index (κ3) is 2.84. The number of fused-ring (bicyclic) bond motifs is 2. The summed E-state index contributed by atoms with van der Waals surface area (Å²) in [6.07, 6.45) is 3.07. The van der Waals surface area contributed by atoms with Crippen molar-refractivity contribution in [3.63, 3.8) is 0 Å². The molecule has 0 bridgehead atoms. The van der Waals surface area contributed by atoms with Gasteiger partial charge in [0, 0.05) is 12.4 Å². The Morgan fingerprint density at radius 3 is 2.76 bits per heavy atom. The van der Waals surface area contributed by atoms with Gasteiger partial charge in [-0.1, -0.05) is 42.5 Å². The summed E-state index contributed by atoms with van der Waals surface area (Å²) in [5.74, 6) is 0.975. The van der Waals surface area contributed by atoms with Crippen molar-refractivity contribution in [3.8, 4) is 0 Å². The van der Waals surface area contributed by atoms with Gasteiger partial charge in [-0.15, -0.1) is 0 Å². The number of nitrogens with zero attached hydrogens (tertiary/aromatic N) is 1. The predicted octanol–water partition coefficient (Wildman–Crippen LogP) is 5.07. The van der Waals surface area contributed by atoms with Crippen molar-refractivity contribution in [2.75, 3.05) is 7.05 Å². The van der Waals surface area contributed by atoms with Crippen LogP contribution in [0.1, 0.15) is 48.6 Å². The summed E-state index contributed by atoms with van der Waals surface area (Å²) in [5, 5.41) is 1.08. The minimum Gasteiger partial charge on any atom is -0.459 e. The SMILES string of the molecule is CC(c1cc2ccccc2o1)N(C)C(=O)C1CCCc2ccccc21. The van der Waals surface area contributed by atoms with Crippen LogP contribution in [0.15, 0.2) is 59.0 Å². The number of furan rings is 1. The zero-order valence-corrected chi connectivity index (χ0v) is 14.7. The number of rotatable bonds is 3. The summed E-state index contributed by atoms with van der Waals surface area (Å²) in [6, 6.07) is 18.3. The molecule has 1 heterocycles. The first-order valence-electron chi connectivity index (χ1n) is 8.98. The lowest BCUT2D eigenvalue weighted by molar-refractivity contribution is -0.134. The van der Waals surface area contributed by atoms with Crippen molar-refractivity contribution in [1.29, 1.82) is 0 Å². The van der Waals surface area contributed by atoms with Gasteiger partial charge in [0.25, 0.3) is 0 Å². The second-order valence-corrected chi connectivity index (χ2v) is 6.96. The summed E-state index contributed by atoms with van der Waals surface area (Å²) < 4.78 is 5.96. The monoisotopic (exact) mass is 333 g/mol. The number of benzene rings is 2. The van der Waals surface area contributed by atoms with Crippen LogP contribution in [0, 0.1) is 0 Å². The molecule has 1 aliphatic rings. The van der Waals surface area contributed by atoms with Crippen LogP contribution in [-0.4, -0.2) is 17.9 Å². The summed E-state index contributed by atoms with van der Waals surface area (Å²) in [5.41, 5.74) is 3.38. The maximum atomic E-state index is 13.2. The number of hydrogen-bond donors (Lipinski definition) is 0. The van der Waals surface area contributed by atoms with Crippen LogP contribution < -0.4 is 0 Å². The number of hydrogen-bond acceptors (Lipinski definition) is 2. The maximum absolute atomic E-state index is 13.2. The Hall–Kier alpha value is -2.55. The molecular formula is C22H23NO2. The Balaban J connectivity index is 1.60. The summed E-state index contributed by atoms with van der Waals surface area (Å²) in [7, 11) is 1.89. The number of likely N-dealkylation sites (N-methyl/N-ethyl adjacent to an activating group) is 1. The average molecular weight is 333 g/mol. The Morgan fingerprint density at radius 1 is 1.16 bits per heavy atom. The first-order valence-corrected chi connectivity index (χ1v) is 8.98. The number of carbonyl (C=O) groups is 1. The second-order valence-electron chi connectivity index (χ2n) is 6.96. The fourth-order valence-corrected chi connectivity index (χ4v) is 3.85. The van der Waals surface area contributed by atoms with Gasteiger partial charge in [0.15, 0.2) is 0 Å². The molecule has 1 amide bonds. The first kappa shape index (κ1) is 15.9. The van der Waals surface area contributed by atoms with Crippen LogP contribution >= 0.6 is 0 Å². The minimum absolute atomic E-state index is 0.0400. The highest BCUT2D eigenvalue weighted by Gasteiger charge is 2.31. The van der Waals surface area contributed by atoms with Crippen LogP contribution in [0.3, 0.4) is 0 Å². The first-order chi connectivity index (χ1) is 12.1. The van der Waals surface area contributed by atoms with Gasteiger partial charge >= 0.3 is 0 Å². The molecule has 0 radical (unpaired) electrons. The van der Waals surface area contributed by atoms with Crippen LogP contribution in [0.2, 0.25) is 0 Å². The number of aryl methyl sites for hydroxylation is 1. The second kappa shape index (κ2) is 6.40. The lowest BCUT2D eigenvalue weighted by atomic mass is 9.82. The van der Waals surface area contributed by atoms with Gasteiger partial charge in [-0.25, -0.2) is 0 Å². The molecule has 1 aliphatic carbocycles. The van der Waals surface area contributed by atoms with E-state index in [0.29, 0.717) is 0 Å². The van der Waals surface area contributed by atoms with E-state index in [2.05, 4.69) is 18.2 Å². The number of amides is 1. The summed E-state index contributed by atoms with van der Waals surface area (Å²) in [4.78, 5) is 15.0. The molecule has 2 atom stereocenters. The third-order valence-electron chi connectivity index (χ3n) is 5.45. The van der Waals surface area contributed by atoms with Crippen molar-refractivity contribution >= 4 is 16.9 Å². The van der Waals surface area contributed by atoms with Crippen molar-refractivity contribution in [3.05, 3.63) is 71.5 Å². The molecule has 0 aliphatic heterocycles. The van der Waals surface area contributed by atoms with Crippen LogP contribution in [0.25, 0.3) is 11.0 Å². The largest absolute Gasteiger partial charge is 0.459 e. The van der Waals surface area contributed by atoms with E-state index in [1.807, 2.05) is 55.3 Å². The summed E-state index contributed by atoms with van der Waals surface area (Å²) >= 11 is 0. The lowest BCUT2D eigenvalue weighted by Gasteiger charge is -2.31. The molecule has 3 heteroatoms. The maximum Gasteiger partial charge on any atom is 0.230 e. The Labute approximate surface area is 148 Å². The molecule has 25 heavy (non-hydrogen) atoms. The van der Waals surface area contributed by atoms with Crippen LogP contribution in [0.4, 0.5) is 0 Å². The van der Waals surface area contributed by atoms with Gasteiger partial charge in [-0.05, 0) is 49.4 Å². The Morgan fingerprint density at radius 2 is 1.92 bits per heavy atom. The van der Waals surface area contributed by atoms with Gasteiger partial charge in [-0.2, -0.15) is 0 Å². The van der Waals surface area contributed by atoms with Crippen molar-refractivity contribution in [1.82, 2.24) is 4.90 Å². The number of para-hydroxylation sites is 1. The van der Waals surface area contributed by atoms with E-state index in [1.54, 1.807) is 0 Å². The van der Waals surface area contributed by atoms with E-state index in [0.717, 1.165) is 36.0 Å². The van der Waals surface area contributed by atoms with E-state index < -0.39 is 0 Å². The molecule has 4 rings (SSSR count). The topological polar surface area (TPSA) is 33.5 Å². The van der Waals surface area contributed by atoms with Gasteiger partial charge in [0.2, 0.25) is 5.91 Å². The quantitative estimate of drug-likeness (QED) is 0.670. The standard InChI is InChI=1S/C22H23NO2/c1-15(21-14-17-9-4-6-13-20(17)25-21)23(2)22(24)19-12-7-10-16-8-3-5-11-18(16)19/h3-6,8-9,11,13-15,19H,7,10,12H2,1-2H3. The molecule has 0 N–H and O–H groups in total. The van der Waals surface area contributed by atoms with Crippen LogP contribution in [-0.2, 0) is 11.2 Å². The van der Waals surface area contributed by atoms with Crippen molar-refractivity contribution in [2.45, 2.75) is 38.1 Å². The highest BCUT2D eigenvalue weighted by molar-refractivity contribution is 5.85. The molecular weight excluding hydrogens is 310 g/mol. The molecule has 2 unspecified atom stereocenters. The zero-order valence-electron chi connectivity index (χ0n) is 14.7. The van der Waals surface area contributed by atoms with E-state index in [4.69, 9.17) is 4.42 Å². The molecule has 0 fully saturated rings. The highest BCUT2D eigenvalue weighted by atomic mass is 16.3. The smallest absolute Gasteiger partial charge is 0.230 e. The molecule has 0 saturated heterocycles.